The van der Waals surface area contributed by atoms with Gasteiger partial charge in [-0.3, -0.25) is 4.79 Å². The fraction of sp³-hybridized carbons (Fsp3) is 0.0455. The third-order valence-corrected chi connectivity index (χ3v) is 4.68. The van der Waals surface area contributed by atoms with Crippen LogP contribution >= 0.6 is 11.8 Å². The Balaban J connectivity index is 1.76. The molecule has 1 N–H and O–H groups in total. The molecule has 0 aromatic heterocycles. The van der Waals surface area contributed by atoms with E-state index in [1.54, 1.807) is 17.8 Å². The van der Waals surface area contributed by atoms with Gasteiger partial charge in [0.2, 0.25) is 0 Å². The second kappa shape index (κ2) is 8.36. The van der Waals surface area contributed by atoms with E-state index in [-0.39, 0.29) is 5.78 Å². The van der Waals surface area contributed by atoms with Crippen molar-refractivity contribution in [3.8, 4) is 0 Å². The van der Waals surface area contributed by atoms with Gasteiger partial charge >= 0.3 is 0 Å². The third kappa shape index (κ3) is 4.85. The molecule has 0 saturated heterocycles. The van der Waals surface area contributed by atoms with Crippen LogP contribution in [-0.4, -0.2) is 5.78 Å². The van der Waals surface area contributed by atoms with Crippen LogP contribution in [0.2, 0.25) is 0 Å². The Morgan fingerprint density at radius 3 is 2.16 bits per heavy atom. The van der Waals surface area contributed by atoms with Gasteiger partial charge in [-0.05, 0) is 31.2 Å². The Kier molecular flexibility index (Phi) is 5.70. The number of nitrogens with one attached hydrogen (secondary N) is 1. The molecular weight excluding hydrogens is 326 g/mol. The van der Waals surface area contributed by atoms with Crippen LogP contribution in [0.1, 0.15) is 17.3 Å². The van der Waals surface area contributed by atoms with Crippen LogP contribution < -0.4 is 5.32 Å². The SMILES string of the molecule is C/C(=C/C(=O)c1ccccc1)Nc1ccccc1Sc1ccccc1. The normalized spacial score (nSPS) is 11.2. The van der Waals surface area contributed by atoms with Gasteiger partial charge in [-0.1, -0.05) is 72.4 Å². The molecule has 0 bridgehead atoms. The van der Waals surface area contributed by atoms with Gasteiger partial charge in [-0.2, -0.15) is 0 Å². The lowest BCUT2D eigenvalue weighted by Crippen LogP contribution is -2.02. The largest absolute Gasteiger partial charge is 0.358 e. The molecule has 3 aromatic rings. The predicted octanol–water partition coefficient (Wildman–Crippen LogP) is 6.04. The molecule has 0 spiro atoms. The van der Waals surface area contributed by atoms with Crippen molar-refractivity contribution >= 4 is 23.2 Å². The van der Waals surface area contributed by atoms with E-state index in [4.69, 9.17) is 0 Å². The van der Waals surface area contributed by atoms with Crippen LogP contribution in [-0.2, 0) is 0 Å². The maximum Gasteiger partial charge on any atom is 0.187 e. The number of allylic oxidation sites excluding steroid dienone is 2. The van der Waals surface area contributed by atoms with Crippen LogP contribution in [0.25, 0.3) is 0 Å². The zero-order chi connectivity index (χ0) is 17.5. The van der Waals surface area contributed by atoms with Crippen molar-refractivity contribution in [3.63, 3.8) is 0 Å². The first kappa shape index (κ1) is 17.1. The smallest absolute Gasteiger partial charge is 0.187 e. The van der Waals surface area contributed by atoms with E-state index in [0.717, 1.165) is 16.3 Å². The molecule has 3 rings (SSSR count). The van der Waals surface area contributed by atoms with Crippen molar-refractivity contribution < 1.29 is 4.79 Å². The van der Waals surface area contributed by atoms with Gasteiger partial charge in [0.05, 0.1) is 5.69 Å². The standard InChI is InChI=1S/C22H19NOS/c1-17(16-21(24)18-10-4-2-5-11-18)23-20-14-8-9-15-22(20)25-19-12-6-3-7-13-19/h2-16,23H,1H3/b17-16-. The van der Waals surface area contributed by atoms with E-state index in [9.17, 15) is 4.79 Å². The van der Waals surface area contributed by atoms with Crippen molar-refractivity contribution in [1.82, 2.24) is 0 Å². The summed E-state index contributed by atoms with van der Waals surface area (Å²) in [5.41, 5.74) is 2.50. The van der Waals surface area contributed by atoms with Crippen LogP contribution in [0.5, 0.6) is 0 Å². The summed E-state index contributed by atoms with van der Waals surface area (Å²) in [6.45, 7) is 1.91. The Morgan fingerprint density at radius 1 is 0.840 bits per heavy atom. The third-order valence-electron chi connectivity index (χ3n) is 3.60. The summed E-state index contributed by atoms with van der Waals surface area (Å²) in [6, 6.07) is 27.6. The van der Waals surface area contributed by atoms with Crippen molar-refractivity contribution in [3.05, 3.63) is 102 Å². The van der Waals surface area contributed by atoms with E-state index >= 15 is 0 Å². The molecule has 0 heterocycles. The average molecular weight is 345 g/mol. The molecule has 0 unspecified atom stereocenters. The number of carbonyl (C=O) groups excluding carboxylic acids is 1. The van der Waals surface area contributed by atoms with Gasteiger partial charge < -0.3 is 5.32 Å². The summed E-state index contributed by atoms with van der Waals surface area (Å²) in [7, 11) is 0. The summed E-state index contributed by atoms with van der Waals surface area (Å²) < 4.78 is 0. The summed E-state index contributed by atoms with van der Waals surface area (Å²) in [5.74, 6) is -0.00112. The maximum atomic E-state index is 12.3. The van der Waals surface area contributed by atoms with Gasteiger partial charge in [-0.25, -0.2) is 0 Å². The minimum Gasteiger partial charge on any atom is -0.358 e. The van der Waals surface area contributed by atoms with E-state index < -0.39 is 0 Å². The molecule has 0 aliphatic carbocycles. The van der Waals surface area contributed by atoms with Gasteiger partial charge in [0, 0.05) is 27.1 Å². The van der Waals surface area contributed by atoms with E-state index in [1.807, 2.05) is 73.7 Å². The van der Waals surface area contributed by atoms with E-state index in [0.29, 0.717) is 5.56 Å². The number of carbonyl (C=O) groups is 1. The maximum absolute atomic E-state index is 12.3. The number of hydrogen-bond donors (Lipinski definition) is 1. The summed E-state index contributed by atoms with van der Waals surface area (Å²) in [4.78, 5) is 14.6. The Labute approximate surface area is 152 Å². The molecule has 0 radical (unpaired) electrons. The monoisotopic (exact) mass is 345 g/mol. The highest BCUT2D eigenvalue weighted by atomic mass is 32.2. The molecule has 2 nitrogen and oxygen atoms in total. The number of para-hydroxylation sites is 1. The Morgan fingerprint density at radius 2 is 1.44 bits per heavy atom. The molecule has 0 atom stereocenters. The lowest BCUT2D eigenvalue weighted by molar-refractivity contribution is 0.104. The summed E-state index contributed by atoms with van der Waals surface area (Å²) in [6.07, 6.45) is 1.64. The van der Waals surface area contributed by atoms with Gasteiger partial charge in [0.25, 0.3) is 0 Å². The molecule has 124 valence electrons. The van der Waals surface area contributed by atoms with E-state index in [2.05, 4.69) is 23.5 Å². The number of anilines is 1. The first-order valence-electron chi connectivity index (χ1n) is 8.09. The van der Waals surface area contributed by atoms with Gasteiger partial charge in [0.1, 0.15) is 0 Å². The zero-order valence-corrected chi connectivity index (χ0v) is 14.8. The molecule has 0 aliphatic rings. The fourth-order valence-corrected chi connectivity index (χ4v) is 3.33. The Hall–Kier alpha value is -2.78. The second-order valence-electron chi connectivity index (χ2n) is 5.59. The zero-order valence-electron chi connectivity index (χ0n) is 14.0. The average Bonchev–Trinajstić information content (AvgIpc) is 2.65. The number of ketones is 1. The van der Waals surface area contributed by atoms with Crippen molar-refractivity contribution in [2.45, 2.75) is 16.7 Å². The van der Waals surface area contributed by atoms with Crippen LogP contribution in [0.3, 0.4) is 0 Å². The molecular formula is C22H19NOS. The first-order chi connectivity index (χ1) is 12.2. The quantitative estimate of drug-likeness (QED) is 0.436. The van der Waals surface area contributed by atoms with Gasteiger partial charge in [-0.15, -0.1) is 0 Å². The minimum atomic E-state index is -0.00112. The number of hydrogen-bond acceptors (Lipinski definition) is 3. The molecule has 25 heavy (non-hydrogen) atoms. The molecule has 0 amide bonds. The van der Waals surface area contributed by atoms with Crippen molar-refractivity contribution in [2.24, 2.45) is 0 Å². The van der Waals surface area contributed by atoms with Crippen LogP contribution in [0, 0.1) is 0 Å². The fourth-order valence-electron chi connectivity index (χ4n) is 2.41. The minimum absolute atomic E-state index is 0.00112. The summed E-state index contributed by atoms with van der Waals surface area (Å²) in [5, 5.41) is 3.35. The number of benzene rings is 3. The topological polar surface area (TPSA) is 29.1 Å². The highest BCUT2D eigenvalue weighted by Crippen LogP contribution is 2.33. The Bertz CT molecular complexity index is 873. The lowest BCUT2D eigenvalue weighted by Gasteiger charge is -2.12. The molecule has 0 aliphatic heterocycles. The second-order valence-corrected chi connectivity index (χ2v) is 6.71. The van der Waals surface area contributed by atoms with Crippen LogP contribution in [0.4, 0.5) is 5.69 Å². The first-order valence-corrected chi connectivity index (χ1v) is 8.90. The highest BCUT2D eigenvalue weighted by Gasteiger charge is 2.06. The predicted molar refractivity (Wildman–Crippen MR) is 105 cm³/mol. The molecule has 3 heteroatoms. The lowest BCUT2D eigenvalue weighted by atomic mass is 10.1. The highest BCUT2D eigenvalue weighted by molar-refractivity contribution is 7.99. The van der Waals surface area contributed by atoms with Gasteiger partial charge in [0.15, 0.2) is 5.78 Å². The molecule has 0 saturated carbocycles. The molecule has 0 fully saturated rings. The van der Waals surface area contributed by atoms with Crippen molar-refractivity contribution in [1.29, 1.82) is 0 Å². The summed E-state index contributed by atoms with van der Waals surface area (Å²) >= 11 is 1.70. The number of rotatable bonds is 6. The van der Waals surface area contributed by atoms with Crippen LogP contribution in [0.15, 0.2) is 106 Å². The van der Waals surface area contributed by atoms with Crippen molar-refractivity contribution in [2.75, 3.05) is 5.32 Å². The molecule has 3 aromatic carbocycles. The van der Waals surface area contributed by atoms with E-state index in [1.165, 1.54) is 4.90 Å².